The zero-order chi connectivity index (χ0) is 10.6. The number of benzene rings is 1. The standard InChI is InChI=1S/C9H13ClN4/c1-6-3-4-7(10)8(5-6)13-9(12-2)14-11/h3-5H,11H2,1-2H3,(H2,12,13,14). The number of anilines is 1. The van der Waals surface area contributed by atoms with Crippen molar-refractivity contribution in [1.29, 1.82) is 0 Å². The Labute approximate surface area is 88.1 Å². The largest absolute Gasteiger partial charge is 0.324 e. The number of hydrogen-bond donors (Lipinski definition) is 3. The minimum atomic E-state index is 0.470. The summed E-state index contributed by atoms with van der Waals surface area (Å²) < 4.78 is 0. The number of nitrogens with zero attached hydrogens (tertiary/aromatic N) is 1. The molecule has 0 amide bonds. The first kappa shape index (κ1) is 10.8. The molecule has 0 atom stereocenters. The van der Waals surface area contributed by atoms with Gasteiger partial charge in [-0.3, -0.25) is 10.4 Å². The van der Waals surface area contributed by atoms with E-state index in [2.05, 4.69) is 15.7 Å². The van der Waals surface area contributed by atoms with Crippen molar-refractivity contribution in [1.82, 2.24) is 5.43 Å². The van der Waals surface area contributed by atoms with Crippen LogP contribution in [0.1, 0.15) is 5.56 Å². The van der Waals surface area contributed by atoms with Crippen LogP contribution in [0.3, 0.4) is 0 Å². The van der Waals surface area contributed by atoms with Gasteiger partial charge in [0.2, 0.25) is 5.96 Å². The van der Waals surface area contributed by atoms with Crippen LogP contribution in [-0.4, -0.2) is 13.0 Å². The second-order valence-electron chi connectivity index (χ2n) is 2.82. The molecule has 1 aromatic carbocycles. The summed E-state index contributed by atoms with van der Waals surface area (Å²) in [6.45, 7) is 1.99. The maximum Gasteiger partial charge on any atom is 0.210 e. The van der Waals surface area contributed by atoms with Gasteiger partial charge in [-0.25, -0.2) is 5.84 Å². The normalized spacial score (nSPS) is 11.3. The molecule has 0 saturated carbocycles. The molecule has 0 aliphatic rings. The minimum absolute atomic E-state index is 0.470. The number of nitrogens with one attached hydrogen (secondary N) is 2. The highest BCUT2D eigenvalue weighted by Crippen LogP contribution is 2.22. The number of rotatable bonds is 1. The van der Waals surface area contributed by atoms with Gasteiger partial charge in [-0.15, -0.1) is 0 Å². The fourth-order valence-corrected chi connectivity index (χ4v) is 1.18. The van der Waals surface area contributed by atoms with E-state index < -0.39 is 0 Å². The first-order valence-electron chi connectivity index (χ1n) is 4.14. The number of nitrogens with two attached hydrogens (primary N) is 1. The van der Waals surface area contributed by atoms with Crippen molar-refractivity contribution in [3.8, 4) is 0 Å². The quantitative estimate of drug-likeness (QED) is 0.286. The number of aliphatic imine (C=N–C) groups is 1. The monoisotopic (exact) mass is 212 g/mol. The Hall–Kier alpha value is -1.26. The predicted octanol–water partition coefficient (Wildman–Crippen LogP) is 1.51. The molecule has 4 nitrogen and oxygen atoms in total. The lowest BCUT2D eigenvalue weighted by Gasteiger charge is -2.10. The van der Waals surface area contributed by atoms with Gasteiger partial charge in [0.1, 0.15) is 0 Å². The number of aryl methyl sites for hydroxylation is 1. The van der Waals surface area contributed by atoms with Crippen LogP contribution in [0.15, 0.2) is 23.2 Å². The number of hydrazine groups is 1. The maximum atomic E-state index is 5.97. The van der Waals surface area contributed by atoms with Gasteiger partial charge < -0.3 is 5.32 Å². The van der Waals surface area contributed by atoms with E-state index in [0.717, 1.165) is 11.3 Å². The second kappa shape index (κ2) is 4.83. The van der Waals surface area contributed by atoms with Crippen LogP contribution in [0.4, 0.5) is 5.69 Å². The average Bonchev–Trinajstić information content (AvgIpc) is 2.19. The van der Waals surface area contributed by atoms with Crippen LogP contribution >= 0.6 is 11.6 Å². The Balaban J connectivity index is 2.90. The van der Waals surface area contributed by atoms with E-state index in [9.17, 15) is 0 Å². The lowest BCUT2D eigenvalue weighted by atomic mass is 10.2. The molecule has 0 heterocycles. The molecule has 0 fully saturated rings. The third-order valence-electron chi connectivity index (χ3n) is 1.74. The molecule has 1 rings (SSSR count). The summed E-state index contributed by atoms with van der Waals surface area (Å²) in [5.74, 6) is 5.70. The van der Waals surface area contributed by atoms with E-state index >= 15 is 0 Å². The summed E-state index contributed by atoms with van der Waals surface area (Å²) in [4.78, 5) is 3.88. The Kier molecular flexibility index (Phi) is 3.73. The molecule has 0 aliphatic heterocycles. The molecule has 0 radical (unpaired) electrons. The van der Waals surface area contributed by atoms with Crippen LogP contribution in [0.25, 0.3) is 0 Å². The maximum absolute atomic E-state index is 5.97. The zero-order valence-corrected chi connectivity index (χ0v) is 8.89. The summed E-state index contributed by atoms with van der Waals surface area (Å²) in [7, 11) is 1.63. The fraction of sp³-hybridized carbons (Fsp3) is 0.222. The molecule has 0 unspecified atom stereocenters. The van der Waals surface area contributed by atoms with Crippen molar-refractivity contribution in [2.24, 2.45) is 10.8 Å². The molecule has 5 heteroatoms. The topological polar surface area (TPSA) is 62.4 Å². The van der Waals surface area contributed by atoms with Crippen molar-refractivity contribution in [2.45, 2.75) is 6.92 Å². The second-order valence-corrected chi connectivity index (χ2v) is 3.23. The van der Waals surface area contributed by atoms with Gasteiger partial charge in [-0.05, 0) is 24.6 Å². The van der Waals surface area contributed by atoms with Crippen molar-refractivity contribution >= 4 is 23.2 Å². The molecule has 0 spiro atoms. The Morgan fingerprint density at radius 1 is 1.50 bits per heavy atom. The van der Waals surface area contributed by atoms with E-state index in [1.807, 2.05) is 25.1 Å². The molecule has 0 aliphatic carbocycles. The van der Waals surface area contributed by atoms with Crippen LogP contribution in [0.5, 0.6) is 0 Å². The summed E-state index contributed by atoms with van der Waals surface area (Å²) >= 11 is 5.97. The number of halogens is 1. The first-order chi connectivity index (χ1) is 6.67. The van der Waals surface area contributed by atoms with Crippen molar-refractivity contribution in [3.63, 3.8) is 0 Å². The van der Waals surface area contributed by atoms with Crippen molar-refractivity contribution in [3.05, 3.63) is 28.8 Å². The minimum Gasteiger partial charge on any atom is -0.324 e. The lowest BCUT2D eigenvalue weighted by molar-refractivity contribution is 1.01. The van der Waals surface area contributed by atoms with Gasteiger partial charge in [-0.2, -0.15) is 0 Å². The molecular weight excluding hydrogens is 200 g/mol. The van der Waals surface area contributed by atoms with E-state index in [0.29, 0.717) is 11.0 Å². The molecule has 0 saturated heterocycles. The van der Waals surface area contributed by atoms with E-state index in [-0.39, 0.29) is 0 Å². The Bertz CT molecular complexity index is 349. The molecular formula is C9H13ClN4. The average molecular weight is 213 g/mol. The molecule has 0 aromatic heterocycles. The van der Waals surface area contributed by atoms with Gasteiger partial charge in [0.05, 0.1) is 10.7 Å². The Morgan fingerprint density at radius 2 is 2.21 bits per heavy atom. The third kappa shape index (κ3) is 2.61. The molecule has 1 aromatic rings. The van der Waals surface area contributed by atoms with Gasteiger partial charge in [0, 0.05) is 7.05 Å². The van der Waals surface area contributed by atoms with Gasteiger partial charge in [-0.1, -0.05) is 17.7 Å². The van der Waals surface area contributed by atoms with E-state index in [4.69, 9.17) is 17.4 Å². The van der Waals surface area contributed by atoms with Gasteiger partial charge >= 0.3 is 0 Å². The fourth-order valence-electron chi connectivity index (χ4n) is 1.02. The highest BCUT2D eigenvalue weighted by atomic mass is 35.5. The third-order valence-corrected chi connectivity index (χ3v) is 2.06. The number of hydrogen-bond acceptors (Lipinski definition) is 2. The van der Waals surface area contributed by atoms with E-state index in [1.54, 1.807) is 7.05 Å². The van der Waals surface area contributed by atoms with Crippen LogP contribution in [0, 0.1) is 6.92 Å². The van der Waals surface area contributed by atoms with Crippen LogP contribution < -0.4 is 16.6 Å². The van der Waals surface area contributed by atoms with Crippen LogP contribution in [0.2, 0.25) is 5.02 Å². The molecule has 4 N–H and O–H groups in total. The zero-order valence-electron chi connectivity index (χ0n) is 8.13. The molecule has 0 bridgehead atoms. The van der Waals surface area contributed by atoms with Gasteiger partial charge in [0.15, 0.2) is 0 Å². The molecule has 14 heavy (non-hydrogen) atoms. The molecule has 76 valence electrons. The van der Waals surface area contributed by atoms with Gasteiger partial charge in [0.25, 0.3) is 0 Å². The first-order valence-corrected chi connectivity index (χ1v) is 4.51. The summed E-state index contributed by atoms with van der Waals surface area (Å²) in [6, 6.07) is 5.68. The SMILES string of the molecule is CN=C(NN)Nc1cc(C)ccc1Cl. The number of guanidine groups is 1. The lowest BCUT2D eigenvalue weighted by Crippen LogP contribution is -2.36. The summed E-state index contributed by atoms with van der Waals surface area (Å²) in [5, 5.41) is 3.60. The summed E-state index contributed by atoms with van der Waals surface area (Å²) in [5.41, 5.74) is 4.32. The highest BCUT2D eigenvalue weighted by molar-refractivity contribution is 6.33. The summed E-state index contributed by atoms with van der Waals surface area (Å²) in [6.07, 6.45) is 0. The predicted molar refractivity (Wildman–Crippen MR) is 60.5 cm³/mol. The van der Waals surface area contributed by atoms with Crippen molar-refractivity contribution < 1.29 is 0 Å². The van der Waals surface area contributed by atoms with E-state index in [1.165, 1.54) is 0 Å². The Morgan fingerprint density at radius 3 is 2.79 bits per heavy atom. The smallest absolute Gasteiger partial charge is 0.210 e. The highest BCUT2D eigenvalue weighted by Gasteiger charge is 2.01. The van der Waals surface area contributed by atoms with Crippen molar-refractivity contribution in [2.75, 3.05) is 12.4 Å². The van der Waals surface area contributed by atoms with Crippen LogP contribution in [-0.2, 0) is 0 Å².